The molecule has 1 spiro atoms. The Morgan fingerprint density at radius 1 is 1.16 bits per heavy atom. The summed E-state index contributed by atoms with van der Waals surface area (Å²) in [5, 5.41) is 26.7. The minimum Gasteiger partial charge on any atom is -0.493 e. The number of aromatic hydroxyl groups is 1. The molecule has 13 nitrogen and oxygen atoms in total. The van der Waals surface area contributed by atoms with Crippen LogP contribution in [-0.4, -0.2) is 72.8 Å². The maximum Gasteiger partial charge on any atom is 0.328 e. The second-order valence-corrected chi connectivity index (χ2v) is 15.5. The van der Waals surface area contributed by atoms with E-state index in [1.54, 1.807) is 4.31 Å². The van der Waals surface area contributed by atoms with Crippen LogP contribution in [0.1, 0.15) is 75.2 Å². The molecule has 14 heteroatoms. The molecule has 43 heavy (non-hydrogen) atoms. The molecule has 3 heterocycles. The van der Waals surface area contributed by atoms with E-state index in [9.17, 15) is 23.1 Å². The molecule has 4 aliphatic rings. The molecule has 4 N–H and O–H groups in total. The quantitative estimate of drug-likeness (QED) is 0.315. The lowest BCUT2D eigenvalue weighted by Crippen LogP contribution is -2.50. The van der Waals surface area contributed by atoms with Gasteiger partial charge >= 0.3 is 5.69 Å². The van der Waals surface area contributed by atoms with Crippen LogP contribution in [0.5, 0.6) is 5.88 Å². The fraction of sp³-hybridized carbons (Fsp3) is 0.621. The zero-order chi connectivity index (χ0) is 30.2. The summed E-state index contributed by atoms with van der Waals surface area (Å²) in [5.41, 5.74) is 1.20. The van der Waals surface area contributed by atoms with E-state index in [4.69, 9.17) is 0 Å². The topological polar surface area (TPSA) is 179 Å². The van der Waals surface area contributed by atoms with E-state index in [1.165, 1.54) is 15.7 Å². The van der Waals surface area contributed by atoms with Crippen LogP contribution in [0.25, 0.3) is 0 Å². The molecule has 1 aromatic carbocycles. The summed E-state index contributed by atoms with van der Waals surface area (Å²) in [6, 6.07) is 8.03. The third kappa shape index (κ3) is 4.27. The predicted octanol–water partition coefficient (Wildman–Crippen LogP) is 2.25. The smallest absolute Gasteiger partial charge is 0.328 e. The van der Waals surface area contributed by atoms with Crippen LogP contribution in [0, 0.1) is 16.7 Å². The molecular weight excluding hydrogens is 572 g/mol. The van der Waals surface area contributed by atoms with E-state index >= 15 is 0 Å². The zero-order valence-corrected chi connectivity index (χ0v) is 25.3. The summed E-state index contributed by atoms with van der Waals surface area (Å²) in [7, 11) is -3.67. The zero-order valence-electron chi connectivity index (χ0n) is 24.5. The van der Waals surface area contributed by atoms with Gasteiger partial charge in [-0.3, -0.25) is 14.7 Å². The highest BCUT2D eigenvalue weighted by Crippen LogP contribution is 2.70. The van der Waals surface area contributed by atoms with Crippen LogP contribution in [0.2, 0.25) is 0 Å². The number of fused-ring (bicyclic) bond motifs is 4. The lowest BCUT2D eigenvalue weighted by Gasteiger charge is -2.45. The van der Waals surface area contributed by atoms with E-state index in [-0.39, 0.29) is 46.4 Å². The molecule has 1 amide bonds. The fourth-order valence-electron chi connectivity index (χ4n) is 9.07. The second kappa shape index (κ2) is 9.74. The van der Waals surface area contributed by atoms with Crippen LogP contribution in [0.15, 0.2) is 29.1 Å². The first-order chi connectivity index (χ1) is 20.5. The predicted molar refractivity (Wildman–Crippen MR) is 157 cm³/mol. The summed E-state index contributed by atoms with van der Waals surface area (Å²) in [4.78, 5) is 28.5. The number of aromatic nitrogens is 6. The number of nitrogens with one attached hydrogen (secondary N) is 3. The number of aromatic amines is 2. The highest BCUT2D eigenvalue weighted by atomic mass is 32.2. The van der Waals surface area contributed by atoms with Crippen molar-refractivity contribution in [3.05, 3.63) is 51.6 Å². The molecule has 1 aliphatic heterocycles. The molecule has 3 atom stereocenters. The Hall–Kier alpha value is -3.52. The van der Waals surface area contributed by atoms with Crippen LogP contribution < -0.4 is 11.0 Å². The molecule has 2 bridgehead atoms. The van der Waals surface area contributed by atoms with Crippen molar-refractivity contribution in [1.82, 2.24) is 34.5 Å². The Morgan fingerprint density at radius 2 is 1.93 bits per heavy atom. The van der Waals surface area contributed by atoms with Gasteiger partial charge in [0.1, 0.15) is 0 Å². The normalized spacial score (nSPS) is 27.5. The van der Waals surface area contributed by atoms with Crippen molar-refractivity contribution in [3.8, 4) is 5.88 Å². The third-order valence-corrected chi connectivity index (χ3v) is 13.6. The number of tetrazole rings is 1. The number of hydrogen-bond donors (Lipinski definition) is 4. The Bertz CT molecular complexity index is 1720. The number of anilines is 1. The van der Waals surface area contributed by atoms with Crippen molar-refractivity contribution in [3.63, 3.8) is 0 Å². The average molecular weight is 611 g/mol. The summed E-state index contributed by atoms with van der Waals surface area (Å²) >= 11 is 0. The molecule has 0 radical (unpaired) electrons. The number of carbonyl (C=O) groups is 1. The van der Waals surface area contributed by atoms with Crippen molar-refractivity contribution >= 4 is 21.9 Å². The number of rotatable bonds is 7. The summed E-state index contributed by atoms with van der Waals surface area (Å²) in [6.45, 7) is 5.18. The second-order valence-electron chi connectivity index (χ2n) is 13.5. The van der Waals surface area contributed by atoms with Crippen LogP contribution in [0.3, 0.4) is 0 Å². The molecular formula is C29H38N8O5S. The van der Waals surface area contributed by atoms with Crippen LogP contribution in [0.4, 0.5) is 5.95 Å². The molecule has 230 valence electrons. The number of nitrogens with zero attached hydrogens (tertiary/aromatic N) is 5. The Labute approximate surface area is 249 Å². The van der Waals surface area contributed by atoms with Crippen molar-refractivity contribution in [2.45, 2.75) is 76.7 Å². The lowest BCUT2D eigenvalue weighted by atomic mass is 9.69. The highest BCUT2D eigenvalue weighted by molar-refractivity contribution is 7.89. The molecule has 0 unspecified atom stereocenters. The highest BCUT2D eigenvalue weighted by Gasteiger charge is 2.66. The number of amides is 1. The van der Waals surface area contributed by atoms with Gasteiger partial charge in [0.25, 0.3) is 5.95 Å². The molecule has 2 saturated carbocycles. The van der Waals surface area contributed by atoms with Crippen molar-refractivity contribution < 1.29 is 18.3 Å². The van der Waals surface area contributed by atoms with Gasteiger partial charge in [-0.1, -0.05) is 43.2 Å². The average Bonchev–Trinajstić information content (AvgIpc) is 3.75. The molecule has 7 rings (SSSR count). The largest absolute Gasteiger partial charge is 0.493 e. The first-order valence-corrected chi connectivity index (χ1v) is 16.7. The van der Waals surface area contributed by atoms with Gasteiger partial charge in [-0.05, 0) is 78.0 Å². The number of piperidine rings is 1. The lowest BCUT2D eigenvalue weighted by molar-refractivity contribution is -0.115. The van der Waals surface area contributed by atoms with E-state index in [1.807, 2.05) is 0 Å². The Morgan fingerprint density at radius 3 is 2.65 bits per heavy atom. The van der Waals surface area contributed by atoms with Gasteiger partial charge < -0.3 is 10.1 Å². The van der Waals surface area contributed by atoms with Gasteiger partial charge in [-0.15, -0.1) is 5.10 Å². The fourth-order valence-corrected chi connectivity index (χ4v) is 11.3. The maximum atomic E-state index is 14.2. The number of benzene rings is 1. The SMILES string of the molecule is CC1(C)[C@@H]2CC[C@@]1(CS(=O)(=O)N1CCC3(CCc4ccccc43)CC1)[C@@H](n1c(O)c(CC(=O)Nc3nn[nH]n3)[nH]c1=O)C2. The van der Waals surface area contributed by atoms with E-state index < -0.39 is 33.1 Å². The number of aryl methyl sites for hydroxylation is 1. The Kier molecular flexibility index (Phi) is 6.40. The first kappa shape index (κ1) is 28.3. The van der Waals surface area contributed by atoms with Gasteiger partial charge in [0.05, 0.1) is 17.9 Å². The van der Waals surface area contributed by atoms with Crippen molar-refractivity contribution in [1.29, 1.82) is 0 Å². The van der Waals surface area contributed by atoms with Crippen molar-refractivity contribution in [2.75, 3.05) is 24.2 Å². The molecule has 3 aliphatic carbocycles. The monoisotopic (exact) mass is 610 g/mol. The molecule has 1 saturated heterocycles. The number of imidazole rings is 1. The van der Waals surface area contributed by atoms with Gasteiger partial charge in [0.2, 0.25) is 21.8 Å². The van der Waals surface area contributed by atoms with E-state index in [0.717, 1.165) is 32.1 Å². The van der Waals surface area contributed by atoms with Gasteiger partial charge in [0.15, 0.2) is 0 Å². The molecule has 3 fully saturated rings. The Balaban J connectivity index is 1.14. The number of H-pyrrole nitrogens is 2. The minimum absolute atomic E-state index is 0.0222. The number of sulfonamides is 1. The molecule has 3 aromatic rings. The van der Waals surface area contributed by atoms with Crippen LogP contribution in [-0.2, 0) is 33.1 Å². The number of hydrogen-bond acceptors (Lipinski definition) is 8. The first-order valence-electron chi connectivity index (χ1n) is 15.1. The maximum absolute atomic E-state index is 14.2. The van der Waals surface area contributed by atoms with Crippen molar-refractivity contribution in [2.24, 2.45) is 16.7 Å². The molecule has 2 aromatic heterocycles. The van der Waals surface area contributed by atoms with E-state index in [2.05, 4.69) is 69.0 Å². The van der Waals surface area contributed by atoms with E-state index in [0.29, 0.717) is 25.9 Å². The summed E-state index contributed by atoms with van der Waals surface area (Å²) in [6.07, 6.45) is 5.50. The van der Waals surface area contributed by atoms with Gasteiger partial charge in [-0.25, -0.2) is 17.5 Å². The standard InChI is InChI=1S/C29H38N8O5S/c1-27(2)19-8-10-29(27,17-43(41,42)36-13-11-28(12-14-36)9-7-18-5-3-4-6-20(18)28)22(15-19)37-24(39)21(30-26(37)40)16-23(38)31-25-32-34-35-33-25/h3-6,19,22,39H,7-17H2,1-2H3,(H,30,40)(H2,31,32,33,34,35,38)/t19-,22+,29-/m1/s1. The minimum atomic E-state index is -3.67. The van der Waals surface area contributed by atoms with Gasteiger partial charge in [-0.2, -0.15) is 5.21 Å². The third-order valence-electron chi connectivity index (χ3n) is 11.6. The number of carbonyl (C=O) groups excluding carboxylic acids is 1. The van der Waals surface area contributed by atoms with Gasteiger partial charge in [0, 0.05) is 24.5 Å². The summed E-state index contributed by atoms with van der Waals surface area (Å²) in [5.74, 6) is -0.770. The van der Waals surface area contributed by atoms with Crippen LogP contribution >= 0.6 is 0 Å². The summed E-state index contributed by atoms with van der Waals surface area (Å²) < 4.78 is 31.4.